The number of hydrogen-bond donors (Lipinski definition) is 1. The number of rotatable bonds is 6. The van der Waals surface area contributed by atoms with Gasteiger partial charge in [-0.25, -0.2) is 0 Å². The molecule has 0 aromatic heterocycles. The fourth-order valence-corrected chi connectivity index (χ4v) is 2.71. The second-order valence-corrected chi connectivity index (χ2v) is 5.81. The SMILES string of the molecule is CC(=O)CC(Nc1ccc(N2CCCCC2)cc1)C(C)=O.[HH]. The van der Waals surface area contributed by atoms with Gasteiger partial charge < -0.3 is 10.2 Å². The zero-order valence-corrected chi connectivity index (χ0v) is 12.9. The Morgan fingerprint density at radius 2 is 1.76 bits per heavy atom. The van der Waals surface area contributed by atoms with E-state index in [0.29, 0.717) is 0 Å². The monoisotopic (exact) mass is 290 g/mol. The molecule has 1 fully saturated rings. The summed E-state index contributed by atoms with van der Waals surface area (Å²) in [5.41, 5.74) is 2.11. The minimum Gasteiger partial charge on any atom is -0.375 e. The van der Waals surface area contributed by atoms with Crippen LogP contribution in [-0.4, -0.2) is 30.7 Å². The fraction of sp³-hybridized carbons (Fsp3) is 0.529. The molecule has 4 nitrogen and oxygen atoms in total. The Morgan fingerprint density at radius 1 is 1.14 bits per heavy atom. The van der Waals surface area contributed by atoms with Crippen molar-refractivity contribution in [3.05, 3.63) is 24.3 Å². The molecule has 116 valence electrons. The van der Waals surface area contributed by atoms with Crippen LogP contribution in [0.1, 0.15) is 41.0 Å². The summed E-state index contributed by atoms with van der Waals surface area (Å²) in [4.78, 5) is 25.2. The van der Waals surface area contributed by atoms with E-state index in [1.165, 1.54) is 38.8 Å². The molecular formula is C17H26N2O2. The van der Waals surface area contributed by atoms with Crippen molar-refractivity contribution in [3.63, 3.8) is 0 Å². The second kappa shape index (κ2) is 7.25. The molecule has 1 saturated heterocycles. The van der Waals surface area contributed by atoms with E-state index in [0.717, 1.165) is 18.8 Å². The van der Waals surface area contributed by atoms with Crippen LogP contribution in [0.25, 0.3) is 0 Å². The van der Waals surface area contributed by atoms with Crippen molar-refractivity contribution in [2.45, 2.75) is 45.6 Å². The molecule has 4 heteroatoms. The van der Waals surface area contributed by atoms with E-state index in [2.05, 4.69) is 22.3 Å². The van der Waals surface area contributed by atoms with Gasteiger partial charge in [-0.15, -0.1) is 0 Å². The number of nitrogens with one attached hydrogen (secondary N) is 1. The molecule has 1 aromatic carbocycles. The van der Waals surface area contributed by atoms with Gasteiger partial charge in [0.2, 0.25) is 0 Å². The van der Waals surface area contributed by atoms with Crippen molar-refractivity contribution in [3.8, 4) is 0 Å². The lowest BCUT2D eigenvalue weighted by atomic mass is 10.1. The number of ketones is 2. The average Bonchev–Trinajstić information content (AvgIpc) is 2.48. The van der Waals surface area contributed by atoms with Gasteiger partial charge in [0.1, 0.15) is 5.78 Å². The number of benzene rings is 1. The Labute approximate surface area is 128 Å². The van der Waals surface area contributed by atoms with Crippen LogP contribution in [0.3, 0.4) is 0 Å². The minimum atomic E-state index is -0.427. The predicted molar refractivity (Wildman–Crippen MR) is 88.0 cm³/mol. The summed E-state index contributed by atoms with van der Waals surface area (Å²) in [6.07, 6.45) is 4.07. The average molecular weight is 290 g/mol. The van der Waals surface area contributed by atoms with Crippen molar-refractivity contribution in [2.24, 2.45) is 0 Å². The zero-order chi connectivity index (χ0) is 15.2. The number of nitrogens with zero attached hydrogens (tertiary/aromatic N) is 1. The zero-order valence-electron chi connectivity index (χ0n) is 12.9. The summed E-state index contributed by atoms with van der Waals surface area (Å²) >= 11 is 0. The Balaban J connectivity index is 0.00000242. The van der Waals surface area contributed by atoms with Crippen molar-refractivity contribution in [1.29, 1.82) is 0 Å². The van der Waals surface area contributed by atoms with Gasteiger partial charge in [-0.1, -0.05) is 0 Å². The highest BCUT2D eigenvalue weighted by Gasteiger charge is 2.16. The van der Waals surface area contributed by atoms with Gasteiger partial charge in [0.15, 0.2) is 5.78 Å². The maximum absolute atomic E-state index is 11.6. The van der Waals surface area contributed by atoms with Crippen LogP contribution in [0.5, 0.6) is 0 Å². The Morgan fingerprint density at radius 3 is 2.29 bits per heavy atom. The van der Waals surface area contributed by atoms with Crippen LogP contribution in [-0.2, 0) is 9.59 Å². The first-order valence-corrected chi connectivity index (χ1v) is 7.67. The second-order valence-electron chi connectivity index (χ2n) is 5.81. The molecule has 1 aliphatic heterocycles. The van der Waals surface area contributed by atoms with Crippen LogP contribution in [0, 0.1) is 0 Å². The maximum Gasteiger partial charge on any atom is 0.152 e. The van der Waals surface area contributed by atoms with E-state index in [4.69, 9.17) is 0 Å². The van der Waals surface area contributed by atoms with E-state index in [1.807, 2.05) is 12.1 Å². The molecule has 0 radical (unpaired) electrons. The van der Waals surface area contributed by atoms with Crippen molar-refractivity contribution < 1.29 is 11.0 Å². The smallest absolute Gasteiger partial charge is 0.152 e. The van der Waals surface area contributed by atoms with E-state index in [1.54, 1.807) is 0 Å². The number of piperidine rings is 1. The first-order valence-electron chi connectivity index (χ1n) is 7.67. The molecule has 2 rings (SSSR count). The molecule has 0 bridgehead atoms. The van der Waals surface area contributed by atoms with Crippen LogP contribution in [0.2, 0.25) is 0 Å². The van der Waals surface area contributed by atoms with Gasteiger partial charge in [0.25, 0.3) is 0 Å². The maximum atomic E-state index is 11.6. The van der Waals surface area contributed by atoms with E-state index >= 15 is 0 Å². The van der Waals surface area contributed by atoms with Crippen LogP contribution >= 0.6 is 0 Å². The van der Waals surface area contributed by atoms with Crippen molar-refractivity contribution in [1.82, 2.24) is 0 Å². The van der Waals surface area contributed by atoms with Gasteiger partial charge in [0.05, 0.1) is 6.04 Å². The lowest BCUT2D eigenvalue weighted by molar-refractivity contribution is -0.122. The molecule has 0 aliphatic carbocycles. The van der Waals surface area contributed by atoms with Gasteiger partial charge in [0, 0.05) is 32.3 Å². The third-order valence-electron chi connectivity index (χ3n) is 3.91. The quantitative estimate of drug-likeness (QED) is 0.873. The molecule has 0 spiro atoms. The van der Waals surface area contributed by atoms with Crippen LogP contribution < -0.4 is 10.2 Å². The lowest BCUT2D eigenvalue weighted by Gasteiger charge is -2.29. The molecule has 1 aromatic rings. The number of anilines is 2. The molecule has 1 aliphatic rings. The highest BCUT2D eigenvalue weighted by atomic mass is 16.1. The first-order chi connectivity index (χ1) is 10.1. The van der Waals surface area contributed by atoms with Gasteiger partial charge >= 0.3 is 0 Å². The topological polar surface area (TPSA) is 49.4 Å². The molecule has 1 heterocycles. The third-order valence-corrected chi connectivity index (χ3v) is 3.91. The number of Topliss-reactive ketones (excluding diaryl/α,β-unsaturated/α-hetero) is 2. The lowest BCUT2D eigenvalue weighted by Crippen LogP contribution is -2.30. The minimum absolute atomic E-state index is 0. The third kappa shape index (κ3) is 4.59. The van der Waals surface area contributed by atoms with E-state index in [-0.39, 0.29) is 19.4 Å². The summed E-state index contributed by atoms with van der Waals surface area (Å²) in [7, 11) is 0. The Kier molecular flexibility index (Phi) is 5.37. The van der Waals surface area contributed by atoms with Gasteiger partial charge in [-0.2, -0.15) is 0 Å². The fourth-order valence-electron chi connectivity index (χ4n) is 2.71. The summed E-state index contributed by atoms with van der Waals surface area (Å²) in [6.45, 7) is 5.26. The highest BCUT2D eigenvalue weighted by molar-refractivity contribution is 5.90. The first kappa shape index (κ1) is 15.5. The standard InChI is InChI=1S/C17H24N2O2.H2/c1-13(20)12-17(14(2)21)18-15-6-8-16(9-7-15)19-10-4-3-5-11-19;/h6-9,17-18H,3-5,10-12H2,1-2H3;1H. The van der Waals surface area contributed by atoms with Gasteiger partial charge in [-0.3, -0.25) is 9.59 Å². The molecule has 0 saturated carbocycles. The van der Waals surface area contributed by atoms with Gasteiger partial charge in [-0.05, 0) is 57.4 Å². The highest BCUT2D eigenvalue weighted by Crippen LogP contribution is 2.22. The predicted octanol–water partition coefficient (Wildman–Crippen LogP) is 3.27. The van der Waals surface area contributed by atoms with Crippen molar-refractivity contribution >= 4 is 22.9 Å². The number of carbonyl (C=O) groups excluding carboxylic acids is 2. The van der Waals surface area contributed by atoms with Crippen molar-refractivity contribution in [2.75, 3.05) is 23.3 Å². The molecule has 0 amide bonds. The van der Waals surface area contributed by atoms with E-state index < -0.39 is 6.04 Å². The number of carbonyl (C=O) groups is 2. The largest absolute Gasteiger partial charge is 0.375 e. The molecule has 1 N–H and O–H groups in total. The molecule has 21 heavy (non-hydrogen) atoms. The summed E-state index contributed by atoms with van der Waals surface area (Å²) in [6, 6.07) is 7.71. The van der Waals surface area contributed by atoms with Crippen LogP contribution in [0.4, 0.5) is 11.4 Å². The van der Waals surface area contributed by atoms with Crippen LogP contribution in [0.15, 0.2) is 24.3 Å². The molecular weight excluding hydrogens is 264 g/mol. The Hall–Kier alpha value is -1.84. The van der Waals surface area contributed by atoms with E-state index in [9.17, 15) is 9.59 Å². The normalized spacial score (nSPS) is 16.4. The summed E-state index contributed by atoms with van der Waals surface area (Å²) < 4.78 is 0. The molecule has 1 unspecified atom stereocenters. The number of hydrogen-bond acceptors (Lipinski definition) is 4. The Bertz CT molecular complexity index is 496. The molecule has 1 atom stereocenters. The summed E-state index contributed by atoms with van der Waals surface area (Å²) in [5, 5.41) is 3.15. The summed E-state index contributed by atoms with van der Waals surface area (Å²) in [5.74, 6) is 0.0120.